The number of fused-ring (bicyclic) bond motifs is 1. The summed E-state index contributed by atoms with van der Waals surface area (Å²) in [5.74, 6) is 0.608. The Hall–Kier alpha value is -3.87. The summed E-state index contributed by atoms with van der Waals surface area (Å²) in [6.07, 6.45) is 0. The number of nitrogens with zero attached hydrogens (tertiary/aromatic N) is 1. The standard InChI is InChI=1S/C21H20N6O/c22-19(23)16-2-1-15-12-18(8-5-14(15)11-16)26-20(28)13-3-6-17(7-4-13)27-21-24-9-10-25-21/h1-8,11-12H,9-10H2,(H3,22,23)(H,26,28)(H2,24,25,27). The maximum Gasteiger partial charge on any atom is 0.255 e. The number of benzene rings is 3. The van der Waals surface area contributed by atoms with Crippen LogP contribution in [0.4, 0.5) is 11.4 Å². The van der Waals surface area contributed by atoms with Gasteiger partial charge < -0.3 is 21.7 Å². The van der Waals surface area contributed by atoms with Gasteiger partial charge in [-0.25, -0.2) is 0 Å². The lowest BCUT2D eigenvalue weighted by molar-refractivity contribution is 0.102. The van der Waals surface area contributed by atoms with E-state index in [1.807, 2.05) is 42.5 Å². The van der Waals surface area contributed by atoms with Crippen molar-refractivity contribution in [1.29, 1.82) is 5.41 Å². The third-order valence-corrected chi connectivity index (χ3v) is 4.49. The number of aliphatic imine (C=N–C) groups is 1. The first-order chi connectivity index (χ1) is 13.6. The first-order valence-corrected chi connectivity index (χ1v) is 8.93. The van der Waals surface area contributed by atoms with Gasteiger partial charge in [0.05, 0.1) is 6.54 Å². The van der Waals surface area contributed by atoms with Crippen molar-refractivity contribution in [1.82, 2.24) is 5.32 Å². The highest BCUT2D eigenvalue weighted by Crippen LogP contribution is 2.21. The first kappa shape index (κ1) is 17.5. The molecule has 140 valence electrons. The van der Waals surface area contributed by atoms with E-state index in [1.54, 1.807) is 18.2 Å². The quantitative estimate of drug-likeness (QED) is 0.358. The van der Waals surface area contributed by atoms with E-state index in [9.17, 15) is 4.79 Å². The summed E-state index contributed by atoms with van der Waals surface area (Å²) < 4.78 is 0. The molecule has 0 spiro atoms. The van der Waals surface area contributed by atoms with E-state index in [2.05, 4.69) is 20.9 Å². The Balaban J connectivity index is 1.46. The molecule has 0 bridgehead atoms. The minimum absolute atomic E-state index is 0.0352. The topological polar surface area (TPSA) is 115 Å². The third-order valence-electron chi connectivity index (χ3n) is 4.49. The van der Waals surface area contributed by atoms with Crippen molar-refractivity contribution in [3.05, 3.63) is 71.8 Å². The van der Waals surface area contributed by atoms with E-state index in [0.29, 0.717) is 16.8 Å². The fourth-order valence-corrected chi connectivity index (χ4v) is 3.02. The molecule has 1 aliphatic heterocycles. The Labute approximate surface area is 162 Å². The van der Waals surface area contributed by atoms with E-state index in [-0.39, 0.29) is 11.7 Å². The van der Waals surface area contributed by atoms with E-state index in [4.69, 9.17) is 11.1 Å². The molecule has 0 atom stereocenters. The van der Waals surface area contributed by atoms with E-state index in [0.717, 1.165) is 35.5 Å². The van der Waals surface area contributed by atoms with Crippen LogP contribution in [0.3, 0.4) is 0 Å². The van der Waals surface area contributed by atoms with Crippen LogP contribution in [-0.4, -0.2) is 30.8 Å². The van der Waals surface area contributed by atoms with Gasteiger partial charge in [0, 0.05) is 29.0 Å². The van der Waals surface area contributed by atoms with Gasteiger partial charge >= 0.3 is 0 Å². The number of rotatable bonds is 4. The number of anilines is 2. The Kier molecular flexibility index (Phi) is 4.63. The Morgan fingerprint density at radius 1 is 0.964 bits per heavy atom. The number of hydrogen-bond donors (Lipinski definition) is 5. The molecule has 7 nitrogen and oxygen atoms in total. The van der Waals surface area contributed by atoms with Crippen molar-refractivity contribution in [2.24, 2.45) is 10.7 Å². The highest BCUT2D eigenvalue weighted by Gasteiger charge is 2.09. The molecule has 6 N–H and O–H groups in total. The second-order valence-corrected chi connectivity index (χ2v) is 6.50. The summed E-state index contributed by atoms with van der Waals surface area (Å²) in [7, 11) is 0. The van der Waals surface area contributed by atoms with Gasteiger partial charge in [0.15, 0.2) is 5.96 Å². The molecular weight excluding hydrogens is 352 g/mol. The maximum absolute atomic E-state index is 12.5. The zero-order chi connectivity index (χ0) is 19.5. The lowest BCUT2D eigenvalue weighted by Gasteiger charge is -2.09. The monoisotopic (exact) mass is 372 g/mol. The molecule has 4 rings (SSSR count). The first-order valence-electron chi connectivity index (χ1n) is 8.93. The highest BCUT2D eigenvalue weighted by atomic mass is 16.1. The van der Waals surface area contributed by atoms with E-state index < -0.39 is 0 Å². The Bertz CT molecular complexity index is 1090. The van der Waals surface area contributed by atoms with Crippen molar-refractivity contribution in [2.45, 2.75) is 0 Å². The Morgan fingerprint density at radius 2 is 1.64 bits per heavy atom. The van der Waals surface area contributed by atoms with Gasteiger partial charge in [0.1, 0.15) is 5.84 Å². The van der Waals surface area contributed by atoms with Crippen LogP contribution >= 0.6 is 0 Å². The molecule has 0 radical (unpaired) electrons. The van der Waals surface area contributed by atoms with Gasteiger partial charge in [-0.05, 0) is 53.2 Å². The molecule has 7 heteroatoms. The number of amidine groups is 1. The maximum atomic E-state index is 12.5. The van der Waals surface area contributed by atoms with Crippen LogP contribution < -0.4 is 21.7 Å². The average Bonchev–Trinajstić information content (AvgIpc) is 3.21. The summed E-state index contributed by atoms with van der Waals surface area (Å²) in [6.45, 7) is 1.61. The average molecular weight is 372 g/mol. The zero-order valence-corrected chi connectivity index (χ0v) is 15.1. The fourth-order valence-electron chi connectivity index (χ4n) is 3.02. The predicted molar refractivity (Wildman–Crippen MR) is 113 cm³/mol. The van der Waals surface area contributed by atoms with Crippen molar-refractivity contribution >= 4 is 39.8 Å². The Morgan fingerprint density at radius 3 is 2.36 bits per heavy atom. The summed E-state index contributed by atoms with van der Waals surface area (Å²) >= 11 is 0. The van der Waals surface area contributed by atoms with Crippen LogP contribution in [0.5, 0.6) is 0 Å². The van der Waals surface area contributed by atoms with Gasteiger partial charge in [0.25, 0.3) is 5.91 Å². The molecule has 0 saturated heterocycles. The number of guanidine groups is 1. The molecule has 28 heavy (non-hydrogen) atoms. The zero-order valence-electron chi connectivity index (χ0n) is 15.1. The van der Waals surface area contributed by atoms with Crippen LogP contribution in [-0.2, 0) is 0 Å². The van der Waals surface area contributed by atoms with Gasteiger partial charge in [-0.1, -0.05) is 18.2 Å². The largest absolute Gasteiger partial charge is 0.384 e. The van der Waals surface area contributed by atoms with Crippen LogP contribution in [0.1, 0.15) is 15.9 Å². The number of nitrogens with two attached hydrogens (primary N) is 1. The number of nitrogen functional groups attached to an aromatic ring is 1. The van der Waals surface area contributed by atoms with Crippen molar-refractivity contribution in [3.8, 4) is 0 Å². The van der Waals surface area contributed by atoms with Crippen LogP contribution in [0.2, 0.25) is 0 Å². The smallest absolute Gasteiger partial charge is 0.255 e. The molecule has 1 aliphatic rings. The molecule has 3 aromatic rings. The van der Waals surface area contributed by atoms with E-state index in [1.165, 1.54) is 0 Å². The van der Waals surface area contributed by atoms with Gasteiger partial charge in [-0.2, -0.15) is 0 Å². The molecule has 1 heterocycles. The summed E-state index contributed by atoms with van der Waals surface area (Å²) in [5, 5.41) is 18.7. The minimum Gasteiger partial charge on any atom is -0.384 e. The lowest BCUT2D eigenvalue weighted by Crippen LogP contribution is -2.26. The molecule has 0 aromatic heterocycles. The number of carbonyl (C=O) groups is 1. The second-order valence-electron chi connectivity index (χ2n) is 6.50. The van der Waals surface area contributed by atoms with Crippen molar-refractivity contribution in [3.63, 3.8) is 0 Å². The minimum atomic E-state index is -0.178. The molecule has 0 aliphatic carbocycles. The number of carbonyl (C=O) groups excluding carboxylic acids is 1. The molecule has 1 amide bonds. The van der Waals surface area contributed by atoms with Crippen LogP contribution in [0.15, 0.2) is 65.7 Å². The highest BCUT2D eigenvalue weighted by molar-refractivity contribution is 6.06. The third kappa shape index (κ3) is 3.78. The molecule has 0 saturated carbocycles. The molecular formula is C21H20N6O. The number of nitrogens with one attached hydrogen (secondary N) is 4. The summed E-state index contributed by atoms with van der Waals surface area (Å²) in [5.41, 5.74) is 8.36. The van der Waals surface area contributed by atoms with E-state index >= 15 is 0 Å². The normalized spacial score (nSPS) is 12.9. The van der Waals surface area contributed by atoms with Crippen LogP contribution in [0.25, 0.3) is 10.8 Å². The SMILES string of the molecule is N=C(N)c1ccc2cc(NC(=O)c3ccc(NC4=NCCN4)cc3)ccc2c1. The second kappa shape index (κ2) is 7.40. The number of amides is 1. The van der Waals surface area contributed by atoms with Crippen molar-refractivity contribution < 1.29 is 4.79 Å². The molecule has 0 fully saturated rings. The summed E-state index contributed by atoms with van der Waals surface area (Å²) in [4.78, 5) is 16.8. The van der Waals surface area contributed by atoms with Crippen molar-refractivity contribution in [2.75, 3.05) is 23.7 Å². The number of hydrogen-bond acceptors (Lipinski definition) is 5. The predicted octanol–water partition coefficient (Wildman–Crippen LogP) is 2.75. The summed E-state index contributed by atoms with van der Waals surface area (Å²) in [6, 6.07) is 18.4. The van der Waals surface area contributed by atoms with Crippen LogP contribution in [0, 0.1) is 5.41 Å². The molecule has 0 unspecified atom stereocenters. The van der Waals surface area contributed by atoms with Gasteiger partial charge in [-0.15, -0.1) is 0 Å². The molecule has 3 aromatic carbocycles. The van der Waals surface area contributed by atoms with Gasteiger partial charge in [-0.3, -0.25) is 15.2 Å². The van der Waals surface area contributed by atoms with Gasteiger partial charge in [0.2, 0.25) is 0 Å². The fraction of sp³-hybridized carbons (Fsp3) is 0.0952. The lowest BCUT2D eigenvalue weighted by atomic mass is 10.1.